The lowest BCUT2D eigenvalue weighted by molar-refractivity contribution is -0.135. The van der Waals surface area contributed by atoms with E-state index in [1.807, 2.05) is 24.3 Å². The molecule has 0 bridgehead atoms. The maximum atomic E-state index is 14.2. The van der Waals surface area contributed by atoms with Crippen molar-refractivity contribution in [3.05, 3.63) is 65.5 Å². The largest absolute Gasteiger partial charge is 0.497 e. The smallest absolute Gasteiger partial charge is 0.315 e. The molecule has 0 unspecified atom stereocenters. The van der Waals surface area contributed by atoms with Crippen LogP contribution in [-0.4, -0.2) is 48.0 Å². The van der Waals surface area contributed by atoms with Crippen LogP contribution >= 0.6 is 0 Å². The van der Waals surface area contributed by atoms with Crippen molar-refractivity contribution in [1.82, 2.24) is 9.80 Å². The van der Waals surface area contributed by atoms with Crippen molar-refractivity contribution in [3.63, 3.8) is 0 Å². The van der Waals surface area contributed by atoms with E-state index >= 15 is 0 Å². The summed E-state index contributed by atoms with van der Waals surface area (Å²) >= 11 is 0. The van der Waals surface area contributed by atoms with Crippen molar-refractivity contribution in [2.24, 2.45) is 5.73 Å². The number of amides is 3. The number of halogens is 1. The maximum Gasteiger partial charge on any atom is 0.315 e. The number of primary amides is 1. The molecule has 1 aliphatic rings. The zero-order valence-corrected chi connectivity index (χ0v) is 16.5. The molecule has 0 saturated carbocycles. The summed E-state index contributed by atoms with van der Waals surface area (Å²) in [6.45, 7) is 1.02. The number of rotatable bonds is 7. The molecule has 3 amide bonds. The number of carbonyl (C=O) groups excluding carboxylic acids is 2. The Morgan fingerprint density at radius 1 is 1.21 bits per heavy atom. The number of carbonyl (C=O) groups is 2. The zero-order valence-electron chi connectivity index (χ0n) is 16.5. The molecule has 29 heavy (non-hydrogen) atoms. The summed E-state index contributed by atoms with van der Waals surface area (Å²) in [5.41, 5.74) is 6.92. The topological polar surface area (TPSA) is 75.9 Å². The predicted octanol–water partition coefficient (Wildman–Crippen LogP) is 2.95. The molecular formula is C22H26FN3O3. The van der Waals surface area contributed by atoms with Gasteiger partial charge in [0.15, 0.2) is 0 Å². The molecule has 1 atom stereocenters. The van der Waals surface area contributed by atoms with Gasteiger partial charge in [0, 0.05) is 25.2 Å². The highest BCUT2D eigenvalue weighted by atomic mass is 19.1. The second-order valence-corrected chi connectivity index (χ2v) is 7.14. The first kappa shape index (κ1) is 20.6. The molecule has 7 heteroatoms. The Balaban J connectivity index is 1.77. The van der Waals surface area contributed by atoms with E-state index in [-0.39, 0.29) is 18.3 Å². The summed E-state index contributed by atoms with van der Waals surface area (Å²) < 4.78 is 19.4. The van der Waals surface area contributed by atoms with E-state index in [0.717, 1.165) is 17.7 Å². The average Bonchev–Trinajstić information content (AvgIpc) is 3.22. The van der Waals surface area contributed by atoms with E-state index in [0.29, 0.717) is 31.5 Å². The van der Waals surface area contributed by atoms with Crippen LogP contribution in [0.4, 0.5) is 9.18 Å². The van der Waals surface area contributed by atoms with Crippen molar-refractivity contribution in [2.75, 3.05) is 20.2 Å². The Hall–Kier alpha value is -3.09. The van der Waals surface area contributed by atoms with E-state index in [9.17, 15) is 14.0 Å². The Kier molecular flexibility index (Phi) is 6.69. The monoisotopic (exact) mass is 399 g/mol. The summed E-state index contributed by atoms with van der Waals surface area (Å²) in [5.74, 6) is 0.210. The standard InChI is InChI=1S/C22H26FN3O3/c1-29-18-10-8-16(9-11-18)12-14-25(15-17-5-2-3-6-19(17)23)21(27)20-7-4-13-26(20)22(24)28/h2-3,5-6,8-11,20H,4,7,12-15H2,1H3,(H2,24,28)/t20-/m0/s1. The number of nitrogens with zero attached hydrogens (tertiary/aromatic N) is 2. The van der Waals surface area contributed by atoms with Gasteiger partial charge >= 0.3 is 6.03 Å². The van der Waals surface area contributed by atoms with Gasteiger partial charge in [-0.25, -0.2) is 9.18 Å². The Labute approximate surface area is 170 Å². The first-order chi connectivity index (χ1) is 14.0. The molecule has 1 aliphatic heterocycles. The van der Waals surface area contributed by atoms with E-state index in [4.69, 9.17) is 10.5 Å². The Morgan fingerprint density at radius 2 is 1.93 bits per heavy atom. The van der Waals surface area contributed by atoms with Crippen LogP contribution in [0.1, 0.15) is 24.0 Å². The minimum Gasteiger partial charge on any atom is -0.497 e. The third kappa shape index (κ3) is 5.04. The fraction of sp³-hybridized carbons (Fsp3) is 0.364. The first-order valence-electron chi connectivity index (χ1n) is 9.71. The second-order valence-electron chi connectivity index (χ2n) is 7.14. The summed E-state index contributed by atoms with van der Waals surface area (Å²) in [4.78, 5) is 28.0. The average molecular weight is 399 g/mol. The van der Waals surface area contributed by atoms with Crippen LogP contribution in [0.2, 0.25) is 0 Å². The van der Waals surface area contributed by atoms with Crippen molar-refractivity contribution < 1.29 is 18.7 Å². The highest BCUT2D eigenvalue weighted by Gasteiger charge is 2.35. The minimum atomic E-state index is -0.596. The fourth-order valence-electron chi connectivity index (χ4n) is 3.65. The fourth-order valence-corrected chi connectivity index (χ4v) is 3.65. The molecule has 0 radical (unpaired) electrons. The van der Waals surface area contributed by atoms with E-state index in [1.54, 1.807) is 30.2 Å². The van der Waals surface area contributed by atoms with E-state index in [2.05, 4.69) is 0 Å². The van der Waals surface area contributed by atoms with Crippen LogP contribution in [0.3, 0.4) is 0 Å². The lowest BCUT2D eigenvalue weighted by Gasteiger charge is -2.30. The van der Waals surface area contributed by atoms with E-state index < -0.39 is 12.1 Å². The SMILES string of the molecule is COc1ccc(CCN(Cc2ccccc2F)C(=O)[C@@H]2CCCN2C(N)=O)cc1. The number of hydrogen-bond acceptors (Lipinski definition) is 3. The molecule has 2 aromatic rings. The molecular weight excluding hydrogens is 373 g/mol. The normalized spacial score (nSPS) is 15.9. The van der Waals surface area contributed by atoms with Gasteiger partial charge in [-0.3, -0.25) is 4.79 Å². The summed E-state index contributed by atoms with van der Waals surface area (Å²) in [6, 6.07) is 12.8. The number of benzene rings is 2. The molecule has 1 heterocycles. The number of urea groups is 1. The predicted molar refractivity (Wildman–Crippen MR) is 108 cm³/mol. The zero-order chi connectivity index (χ0) is 20.8. The van der Waals surface area contributed by atoms with Gasteiger partial charge in [-0.2, -0.15) is 0 Å². The highest BCUT2D eigenvalue weighted by molar-refractivity contribution is 5.87. The van der Waals surface area contributed by atoms with Crippen LogP contribution in [0.25, 0.3) is 0 Å². The summed E-state index contributed by atoms with van der Waals surface area (Å²) in [5, 5.41) is 0. The lowest BCUT2D eigenvalue weighted by Crippen LogP contribution is -2.49. The van der Waals surface area contributed by atoms with Gasteiger partial charge < -0.3 is 20.3 Å². The van der Waals surface area contributed by atoms with Gasteiger partial charge in [-0.05, 0) is 43.0 Å². The third-order valence-corrected chi connectivity index (χ3v) is 5.28. The summed E-state index contributed by atoms with van der Waals surface area (Å²) in [6.07, 6.45) is 1.90. The lowest BCUT2D eigenvalue weighted by atomic mass is 10.1. The molecule has 3 rings (SSSR count). The molecule has 154 valence electrons. The van der Waals surface area contributed by atoms with Gasteiger partial charge in [0.05, 0.1) is 7.11 Å². The van der Waals surface area contributed by atoms with Crippen molar-refractivity contribution in [3.8, 4) is 5.75 Å². The number of nitrogens with two attached hydrogens (primary N) is 1. The van der Waals surface area contributed by atoms with Gasteiger partial charge in [0.25, 0.3) is 0 Å². The van der Waals surface area contributed by atoms with Crippen LogP contribution < -0.4 is 10.5 Å². The van der Waals surface area contributed by atoms with Crippen molar-refractivity contribution in [1.29, 1.82) is 0 Å². The van der Waals surface area contributed by atoms with E-state index in [1.165, 1.54) is 11.0 Å². The van der Waals surface area contributed by atoms with Gasteiger partial charge in [0.2, 0.25) is 5.91 Å². The second kappa shape index (κ2) is 9.41. The van der Waals surface area contributed by atoms with Crippen LogP contribution in [0, 0.1) is 5.82 Å². The molecule has 0 aromatic heterocycles. The molecule has 1 fully saturated rings. The Morgan fingerprint density at radius 3 is 2.59 bits per heavy atom. The van der Waals surface area contributed by atoms with Crippen LogP contribution in [0.15, 0.2) is 48.5 Å². The highest BCUT2D eigenvalue weighted by Crippen LogP contribution is 2.21. The number of likely N-dealkylation sites (tertiary alicyclic amines) is 1. The minimum absolute atomic E-state index is 0.144. The maximum absolute atomic E-state index is 14.2. The quantitative estimate of drug-likeness (QED) is 0.778. The molecule has 2 aromatic carbocycles. The number of hydrogen-bond donors (Lipinski definition) is 1. The molecule has 0 aliphatic carbocycles. The van der Waals surface area contributed by atoms with Gasteiger partial charge in [-0.15, -0.1) is 0 Å². The van der Waals surface area contributed by atoms with Gasteiger partial charge in [-0.1, -0.05) is 30.3 Å². The summed E-state index contributed by atoms with van der Waals surface area (Å²) in [7, 11) is 1.61. The first-order valence-corrected chi connectivity index (χ1v) is 9.71. The molecule has 1 saturated heterocycles. The van der Waals surface area contributed by atoms with Crippen LogP contribution in [0.5, 0.6) is 5.75 Å². The number of methoxy groups -OCH3 is 1. The van der Waals surface area contributed by atoms with Crippen molar-refractivity contribution in [2.45, 2.75) is 31.8 Å². The van der Waals surface area contributed by atoms with Crippen molar-refractivity contribution >= 4 is 11.9 Å². The Bertz CT molecular complexity index is 857. The molecule has 6 nitrogen and oxygen atoms in total. The molecule has 2 N–H and O–H groups in total. The number of ether oxygens (including phenoxy) is 1. The third-order valence-electron chi connectivity index (χ3n) is 5.28. The van der Waals surface area contributed by atoms with Crippen LogP contribution in [-0.2, 0) is 17.8 Å². The molecule has 0 spiro atoms. The van der Waals surface area contributed by atoms with Gasteiger partial charge in [0.1, 0.15) is 17.6 Å².